The minimum atomic E-state index is -4.35. The molecule has 0 amide bonds. The second kappa shape index (κ2) is 11.4. The normalized spacial score (nSPS) is 17.8. The van der Waals surface area contributed by atoms with Crippen molar-refractivity contribution in [1.82, 2.24) is 9.55 Å². The highest BCUT2D eigenvalue weighted by Gasteiger charge is 2.31. The van der Waals surface area contributed by atoms with Gasteiger partial charge < -0.3 is 9.67 Å². The van der Waals surface area contributed by atoms with Gasteiger partial charge in [0.2, 0.25) is 10.0 Å². The Balaban J connectivity index is 1.66. The lowest BCUT2D eigenvalue weighted by atomic mass is 9.86. The Hall–Kier alpha value is -3.78. The van der Waals surface area contributed by atoms with E-state index in [4.69, 9.17) is 13.4 Å². The van der Waals surface area contributed by atoms with Crippen LogP contribution in [0.3, 0.4) is 0 Å². The van der Waals surface area contributed by atoms with E-state index in [-0.39, 0.29) is 40.2 Å². The molecule has 2 aliphatic rings. The Morgan fingerprint density at radius 1 is 1.21 bits per heavy atom. The van der Waals surface area contributed by atoms with Gasteiger partial charge in [0.15, 0.2) is 5.69 Å². The molecule has 0 unspecified atom stereocenters. The number of carboxylic acid groups (broad SMARTS) is 1. The van der Waals surface area contributed by atoms with Crippen molar-refractivity contribution in [1.29, 1.82) is 0 Å². The summed E-state index contributed by atoms with van der Waals surface area (Å²) in [7, 11) is -4.35. The van der Waals surface area contributed by atoms with Crippen molar-refractivity contribution >= 4 is 27.3 Å². The molecular weight excluding hydrogens is 586 g/mol. The lowest BCUT2D eigenvalue weighted by molar-refractivity contribution is 0.0690. The zero-order valence-electron chi connectivity index (χ0n) is 29.0. The molecule has 2 aromatic heterocycles. The number of thiazole rings is 1. The number of carboxylic acids is 1. The van der Waals surface area contributed by atoms with Crippen LogP contribution in [0.5, 0.6) is 0 Å². The fourth-order valence-corrected chi connectivity index (χ4v) is 6.76. The monoisotopic (exact) mass is 623 g/mol. The summed E-state index contributed by atoms with van der Waals surface area (Å²) in [5.41, 5.74) is 1.39. The van der Waals surface area contributed by atoms with Crippen molar-refractivity contribution in [2.45, 2.75) is 63.7 Å². The summed E-state index contributed by atoms with van der Waals surface area (Å²) < 4.78 is 90.9. The van der Waals surface area contributed by atoms with Gasteiger partial charge in [0, 0.05) is 42.4 Å². The van der Waals surface area contributed by atoms with Crippen molar-refractivity contribution < 1.29 is 30.9 Å². The first kappa shape index (κ1) is 22.7. The zero-order chi connectivity index (χ0) is 35.5. The van der Waals surface area contributed by atoms with Crippen LogP contribution in [0.1, 0.15) is 78.1 Å². The van der Waals surface area contributed by atoms with Crippen molar-refractivity contribution in [3.63, 3.8) is 0 Å². The third kappa shape index (κ3) is 6.03. The average Bonchev–Trinajstić information content (AvgIpc) is 3.56. The number of aryl methyl sites for hydroxylation is 1. The van der Waals surface area contributed by atoms with E-state index < -0.39 is 51.0 Å². The first-order valence-electron chi connectivity index (χ1n) is 16.9. The Bertz CT molecular complexity index is 2140. The largest absolute Gasteiger partial charge is 0.476 e. The quantitative estimate of drug-likeness (QED) is 0.217. The lowest BCUT2D eigenvalue weighted by Gasteiger charge is -2.18. The van der Waals surface area contributed by atoms with E-state index in [0.717, 1.165) is 44.2 Å². The number of carbonyl (C=O) groups is 1. The van der Waals surface area contributed by atoms with Gasteiger partial charge in [-0.3, -0.25) is 0 Å². The number of nitrogens with two attached hydrogens (primary N) is 1. The van der Waals surface area contributed by atoms with Crippen molar-refractivity contribution in [3.05, 3.63) is 81.2 Å². The molecule has 7 nitrogen and oxygen atoms in total. The van der Waals surface area contributed by atoms with Gasteiger partial charge in [-0.15, -0.1) is 11.3 Å². The summed E-state index contributed by atoms with van der Waals surface area (Å²) in [5.74, 6) is 4.27. The Labute approximate surface area is 263 Å². The number of primary sulfonamides is 1. The number of aromatic carboxylic acids is 1. The summed E-state index contributed by atoms with van der Waals surface area (Å²) in [6.07, 6.45) is 5.19. The van der Waals surface area contributed by atoms with E-state index in [1.807, 2.05) is 6.07 Å². The molecule has 2 heterocycles. The number of nitrogens with zero attached hydrogens (tertiary/aromatic N) is 2. The van der Waals surface area contributed by atoms with Gasteiger partial charge in [-0.2, -0.15) is 0 Å². The molecule has 43 heavy (non-hydrogen) atoms. The Morgan fingerprint density at radius 2 is 2.02 bits per heavy atom. The van der Waals surface area contributed by atoms with Crippen LogP contribution >= 0.6 is 11.3 Å². The average molecular weight is 624 g/mol. The second-order valence-electron chi connectivity index (χ2n) is 11.1. The predicted octanol–water partition coefficient (Wildman–Crippen LogP) is 6.53. The van der Waals surface area contributed by atoms with Crippen LogP contribution in [-0.2, 0) is 23.0 Å². The molecule has 0 radical (unpaired) electrons. The zero-order valence-corrected chi connectivity index (χ0v) is 24.6. The maximum atomic E-state index is 15.1. The molecule has 10 heteroatoms. The summed E-state index contributed by atoms with van der Waals surface area (Å²) in [4.78, 5) is 15.2. The Kier molecular flexibility index (Phi) is 6.01. The fraction of sp³-hybridized carbons (Fsp3) is 0.333. The van der Waals surface area contributed by atoms with Crippen LogP contribution in [-0.4, -0.2) is 29.0 Å². The Morgan fingerprint density at radius 3 is 2.63 bits per heavy atom. The van der Waals surface area contributed by atoms with Crippen molar-refractivity contribution in [2.24, 2.45) is 17.0 Å². The maximum absolute atomic E-state index is 15.1. The first-order chi connectivity index (χ1) is 22.9. The minimum absolute atomic E-state index is 0.0676. The molecule has 4 aromatic rings. The third-order valence-corrected chi connectivity index (χ3v) is 9.73. The molecule has 0 bridgehead atoms. The van der Waals surface area contributed by atoms with E-state index in [2.05, 4.69) is 16.8 Å². The predicted molar refractivity (Wildman–Crippen MR) is 165 cm³/mol. The molecule has 6 rings (SSSR count). The van der Waals surface area contributed by atoms with Gasteiger partial charge in [-0.1, -0.05) is 36.5 Å². The molecular formula is C33H32FN3O4S2. The van der Waals surface area contributed by atoms with Crippen LogP contribution in [0.2, 0.25) is 0 Å². The van der Waals surface area contributed by atoms with E-state index in [0.29, 0.717) is 40.1 Å². The summed E-state index contributed by atoms with van der Waals surface area (Å²) in [5, 5.41) is 15.0. The van der Waals surface area contributed by atoms with Crippen LogP contribution < -0.4 is 5.14 Å². The van der Waals surface area contributed by atoms with E-state index in [9.17, 15) is 18.3 Å². The molecule has 2 aliphatic carbocycles. The molecule has 2 aromatic carbocycles. The summed E-state index contributed by atoms with van der Waals surface area (Å²) in [6.45, 7) is -5.74. The molecule has 0 spiro atoms. The van der Waals surface area contributed by atoms with E-state index in [1.54, 1.807) is 22.8 Å². The van der Waals surface area contributed by atoms with Gasteiger partial charge in [0.1, 0.15) is 15.7 Å². The van der Waals surface area contributed by atoms with Crippen molar-refractivity contribution in [2.75, 3.05) is 0 Å². The van der Waals surface area contributed by atoms with Crippen molar-refractivity contribution in [3.8, 4) is 33.7 Å². The first-order valence-corrected chi connectivity index (χ1v) is 16.2. The number of hydrogen-bond donors (Lipinski definition) is 2. The lowest BCUT2D eigenvalue weighted by Crippen LogP contribution is -2.14. The fourth-order valence-electron chi connectivity index (χ4n) is 5.29. The third-order valence-electron chi connectivity index (χ3n) is 7.90. The molecule has 222 valence electrons. The molecule has 0 saturated heterocycles. The number of hydrogen-bond acceptors (Lipinski definition) is 5. The second-order valence-corrected chi connectivity index (χ2v) is 13.6. The van der Waals surface area contributed by atoms with Gasteiger partial charge >= 0.3 is 5.97 Å². The molecule has 3 N–H and O–H groups in total. The number of benzene rings is 2. The summed E-state index contributed by atoms with van der Waals surface area (Å²) >= 11 is 0.613. The molecule has 2 saturated carbocycles. The minimum Gasteiger partial charge on any atom is -0.476 e. The summed E-state index contributed by atoms with van der Waals surface area (Å²) in [6, 6.07) is 10.5. The maximum Gasteiger partial charge on any atom is 0.355 e. The number of rotatable bonds is 8. The molecule has 2 fully saturated rings. The number of sulfonamides is 1. The van der Waals surface area contributed by atoms with Crippen LogP contribution in [0, 0.1) is 43.2 Å². The SMILES string of the molecule is [2H]C([2H])([2H])c1sc(-c2c(C([2H])([2H])[2H])c(-c3cccc(C#CC4CCC4)c3)n(Cc3ccc(S(N)(=O)=O)c(F)c3)c2CC2CC2)nc1C(=O)O. The molecule has 0 atom stereocenters. The highest BCUT2D eigenvalue weighted by molar-refractivity contribution is 7.89. The number of halogens is 1. The standard InChI is InChI=1S/C33H32FN3O4S2/c1-19-29(32-36-30(33(38)39)20(2)42-32)27(17-23-11-12-23)37(18-24-13-14-28(26(34)16-24)43(35,40)41)31(19)25-8-4-7-22(15-25)10-9-21-5-3-6-21/h4,7-8,13-16,21,23H,3,5-6,11-12,17-18H2,1-2H3,(H,38,39)(H2,35,40,41)/i1D3,2D3. The smallest absolute Gasteiger partial charge is 0.355 e. The van der Waals surface area contributed by atoms with Gasteiger partial charge in [-0.05, 0) is 92.7 Å². The molecule has 0 aliphatic heterocycles. The van der Waals surface area contributed by atoms with Crippen LogP contribution in [0.15, 0.2) is 47.4 Å². The van der Waals surface area contributed by atoms with Crippen LogP contribution in [0.25, 0.3) is 21.8 Å². The van der Waals surface area contributed by atoms with Gasteiger partial charge in [0.25, 0.3) is 0 Å². The van der Waals surface area contributed by atoms with Crippen LogP contribution in [0.4, 0.5) is 4.39 Å². The topological polar surface area (TPSA) is 115 Å². The van der Waals surface area contributed by atoms with Gasteiger partial charge in [0.05, 0.1) is 5.69 Å². The number of aromatic nitrogens is 2. The van der Waals surface area contributed by atoms with E-state index >= 15 is 4.39 Å². The highest BCUT2D eigenvalue weighted by Crippen LogP contribution is 2.44. The van der Waals surface area contributed by atoms with E-state index in [1.165, 1.54) is 6.07 Å². The highest BCUT2D eigenvalue weighted by atomic mass is 32.2. The van der Waals surface area contributed by atoms with Gasteiger partial charge in [-0.25, -0.2) is 27.7 Å².